The molecule has 0 aliphatic carbocycles. The van der Waals surface area contributed by atoms with Gasteiger partial charge in [0.1, 0.15) is 11.9 Å². The highest BCUT2D eigenvalue weighted by Crippen LogP contribution is 2.32. The first-order chi connectivity index (χ1) is 16.3. The summed E-state index contributed by atoms with van der Waals surface area (Å²) in [4.78, 5) is 26.3. The Balaban J connectivity index is 2.21. The molecule has 0 saturated heterocycles. The molecule has 0 aliphatic rings. The summed E-state index contributed by atoms with van der Waals surface area (Å²) in [6, 6.07) is 8.72. The van der Waals surface area contributed by atoms with Gasteiger partial charge in [-0.15, -0.1) is 0 Å². The Morgan fingerprint density at radius 1 is 1.09 bits per heavy atom. The molecule has 1 atom stereocenters. The highest BCUT2D eigenvalue weighted by Gasteiger charge is 2.32. The maximum Gasteiger partial charge on any atom is 0.416 e. The fourth-order valence-electron chi connectivity index (χ4n) is 3.44. The van der Waals surface area contributed by atoms with Crippen LogP contribution in [0.3, 0.4) is 0 Å². The molecular weight excluding hydrogens is 490 g/mol. The molecule has 192 valence electrons. The molecule has 1 N–H and O–H groups in total. The van der Waals surface area contributed by atoms with E-state index in [0.29, 0.717) is 0 Å². The molecule has 0 spiro atoms. The van der Waals surface area contributed by atoms with E-state index in [4.69, 9.17) is 0 Å². The Morgan fingerprint density at radius 3 is 2.31 bits per heavy atom. The molecule has 0 bridgehead atoms. The summed E-state index contributed by atoms with van der Waals surface area (Å²) in [5, 5.41) is 2.43. The quantitative estimate of drug-likeness (QED) is 0.489. The minimum atomic E-state index is -4.65. The summed E-state index contributed by atoms with van der Waals surface area (Å²) >= 11 is 0. The van der Waals surface area contributed by atoms with Crippen LogP contribution < -0.4 is 9.62 Å². The normalized spacial score (nSPS) is 12.7. The number of nitrogens with zero attached hydrogens (tertiary/aromatic N) is 2. The molecule has 0 unspecified atom stereocenters. The van der Waals surface area contributed by atoms with Gasteiger partial charge in [0.25, 0.3) is 0 Å². The minimum Gasteiger partial charge on any atom is -0.357 e. The Morgan fingerprint density at radius 2 is 1.74 bits per heavy atom. The van der Waals surface area contributed by atoms with Crippen LogP contribution in [0.2, 0.25) is 0 Å². The molecule has 0 aliphatic heterocycles. The van der Waals surface area contributed by atoms with Crippen molar-refractivity contribution in [1.82, 2.24) is 10.2 Å². The van der Waals surface area contributed by atoms with Crippen molar-refractivity contribution in [2.45, 2.75) is 38.5 Å². The van der Waals surface area contributed by atoms with Crippen LogP contribution in [0.15, 0.2) is 48.5 Å². The van der Waals surface area contributed by atoms with Crippen LogP contribution in [0.4, 0.5) is 23.2 Å². The van der Waals surface area contributed by atoms with Gasteiger partial charge in [0.15, 0.2) is 0 Å². The highest BCUT2D eigenvalue weighted by molar-refractivity contribution is 7.92. The number of rotatable bonds is 10. The Labute approximate surface area is 201 Å². The van der Waals surface area contributed by atoms with Crippen molar-refractivity contribution in [3.05, 3.63) is 65.5 Å². The number of alkyl halides is 3. The van der Waals surface area contributed by atoms with Gasteiger partial charge < -0.3 is 10.2 Å². The molecular formula is C23H27F4N3O4S. The van der Waals surface area contributed by atoms with Gasteiger partial charge in [-0.2, -0.15) is 13.2 Å². The van der Waals surface area contributed by atoms with Crippen LogP contribution in [0.25, 0.3) is 0 Å². The van der Waals surface area contributed by atoms with Crippen molar-refractivity contribution in [2.75, 3.05) is 24.2 Å². The number of hydrogen-bond acceptors (Lipinski definition) is 4. The fraction of sp³-hybridized carbons (Fsp3) is 0.391. The Hall–Kier alpha value is -3.15. The second-order valence-corrected chi connectivity index (χ2v) is 9.80. The van der Waals surface area contributed by atoms with Crippen LogP contribution in [-0.2, 0) is 32.3 Å². The lowest BCUT2D eigenvalue weighted by molar-refractivity contribution is -0.140. The first-order valence-corrected chi connectivity index (χ1v) is 12.5. The van der Waals surface area contributed by atoms with Crippen molar-refractivity contribution in [1.29, 1.82) is 0 Å². The van der Waals surface area contributed by atoms with E-state index in [2.05, 4.69) is 5.32 Å². The average molecular weight is 518 g/mol. The summed E-state index contributed by atoms with van der Waals surface area (Å²) in [5.74, 6) is -1.57. The molecule has 0 heterocycles. The number of likely N-dealkylation sites (N-methyl/N-ethyl adjacent to an activating group) is 1. The van der Waals surface area contributed by atoms with Gasteiger partial charge in [0.2, 0.25) is 21.8 Å². The third-order valence-corrected chi connectivity index (χ3v) is 6.52. The third-order valence-electron chi connectivity index (χ3n) is 5.33. The van der Waals surface area contributed by atoms with Crippen molar-refractivity contribution in [3.63, 3.8) is 0 Å². The molecule has 35 heavy (non-hydrogen) atoms. The summed E-state index contributed by atoms with van der Waals surface area (Å²) in [6.07, 6.45) is -4.07. The molecule has 2 amide bonds. The number of carbonyl (C=O) groups is 2. The van der Waals surface area contributed by atoms with Crippen LogP contribution >= 0.6 is 0 Å². The minimum absolute atomic E-state index is 0.0453. The number of sulfonamides is 1. The largest absolute Gasteiger partial charge is 0.416 e. The van der Waals surface area contributed by atoms with Gasteiger partial charge in [0, 0.05) is 32.1 Å². The van der Waals surface area contributed by atoms with Crippen LogP contribution in [0.1, 0.15) is 30.9 Å². The molecule has 2 aromatic rings. The highest BCUT2D eigenvalue weighted by atomic mass is 32.2. The predicted molar refractivity (Wildman–Crippen MR) is 123 cm³/mol. The summed E-state index contributed by atoms with van der Waals surface area (Å²) in [6.45, 7) is 1.01. The van der Waals surface area contributed by atoms with Crippen LogP contribution in [0.5, 0.6) is 0 Å². The molecule has 2 rings (SSSR count). The second kappa shape index (κ2) is 11.5. The number of benzene rings is 2. The number of carbonyl (C=O) groups excluding carboxylic acids is 2. The molecule has 0 fully saturated rings. The van der Waals surface area contributed by atoms with Crippen molar-refractivity contribution in [2.24, 2.45) is 0 Å². The van der Waals surface area contributed by atoms with Gasteiger partial charge in [-0.1, -0.05) is 24.3 Å². The Bertz CT molecular complexity index is 1160. The van der Waals surface area contributed by atoms with Crippen molar-refractivity contribution < 1.29 is 35.6 Å². The van der Waals surface area contributed by atoms with Gasteiger partial charge in [0.05, 0.1) is 17.5 Å². The van der Waals surface area contributed by atoms with Crippen LogP contribution in [0, 0.1) is 5.82 Å². The zero-order chi connectivity index (χ0) is 26.4. The molecule has 12 heteroatoms. The van der Waals surface area contributed by atoms with E-state index in [-0.39, 0.29) is 37.2 Å². The van der Waals surface area contributed by atoms with Crippen molar-refractivity contribution in [3.8, 4) is 0 Å². The molecule has 0 saturated carbocycles. The van der Waals surface area contributed by atoms with E-state index < -0.39 is 45.4 Å². The number of nitrogens with one attached hydrogen (secondary N) is 1. The second-order valence-electron chi connectivity index (χ2n) is 7.89. The SMILES string of the molecule is CNC(=O)[C@@H](C)N(Cc1ccccc1F)C(=O)CCCN(c1cccc(C(F)(F)F)c1)S(C)(=O)=O. The van der Waals surface area contributed by atoms with E-state index in [9.17, 15) is 35.6 Å². The van der Waals surface area contributed by atoms with Crippen molar-refractivity contribution >= 4 is 27.5 Å². The predicted octanol–water partition coefficient (Wildman–Crippen LogP) is 3.55. The third kappa shape index (κ3) is 7.67. The first-order valence-electron chi connectivity index (χ1n) is 10.6. The molecule has 0 aromatic heterocycles. The van der Waals surface area contributed by atoms with Gasteiger partial charge in [-0.3, -0.25) is 13.9 Å². The van der Waals surface area contributed by atoms with E-state index in [1.54, 1.807) is 6.07 Å². The standard InChI is InChI=1S/C23H27F4N3O4S/c1-16(22(32)28-2)29(15-17-8-4-5-11-20(17)24)21(31)12-7-13-30(35(3,33)34)19-10-6-9-18(14-19)23(25,26)27/h4-6,8-11,14,16H,7,12-13,15H2,1-3H3,(H,28,32)/t16-/m1/s1. The van der Waals surface area contributed by atoms with E-state index >= 15 is 0 Å². The summed E-state index contributed by atoms with van der Waals surface area (Å²) < 4.78 is 78.7. The smallest absolute Gasteiger partial charge is 0.357 e. The first kappa shape index (κ1) is 28.1. The molecule has 2 aromatic carbocycles. The molecule has 7 nitrogen and oxygen atoms in total. The number of halogens is 4. The monoisotopic (exact) mass is 517 g/mol. The Kier molecular flexibility index (Phi) is 9.24. The van der Waals surface area contributed by atoms with E-state index in [0.717, 1.165) is 28.8 Å². The van der Waals surface area contributed by atoms with Gasteiger partial charge >= 0.3 is 6.18 Å². The maximum absolute atomic E-state index is 14.2. The zero-order valence-corrected chi connectivity index (χ0v) is 20.3. The average Bonchev–Trinajstić information content (AvgIpc) is 2.78. The lowest BCUT2D eigenvalue weighted by Crippen LogP contribution is -2.47. The summed E-state index contributed by atoms with van der Waals surface area (Å²) in [5.41, 5.74) is -0.995. The topological polar surface area (TPSA) is 86.8 Å². The number of hydrogen-bond donors (Lipinski definition) is 1. The lowest BCUT2D eigenvalue weighted by Gasteiger charge is -2.29. The summed E-state index contributed by atoms with van der Waals surface area (Å²) in [7, 11) is -2.57. The van der Waals surface area contributed by atoms with Gasteiger partial charge in [-0.25, -0.2) is 12.8 Å². The number of anilines is 1. The number of amides is 2. The van der Waals surface area contributed by atoms with E-state index in [1.165, 1.54) is 43.1 Å². The van der Waals surface area contributed by atoms with E-state index in [1.807, 2.05) is 0 Å². The lowest BCUT2D eigenvalue weighted by atomic mass is 10.1. The van der Waals surface area contributed by atoms with Crippen LogP contribution in [-0.4, -0.2) is 51.0 Å². The zero-order valence-electron chi connectivity index (χ0n) is 19.5. The van der Waals surface area contributed by atoms with Gasteiger partial charge in [-0.05, 0) is 37.6 Å². The fourth-order valence-corrected chi connectivity index (χ4v) is 4.40. The molecule has 0 radical (unpaired) electrons. The maximum atomic E-state index is 14.2.